The Labute approximate surface area is 187 Å². The molecule has 1 aliphatic heterocycles. The maximum atomic E-state index is 14.1. The van der Waals surface area contributed by atoms with Crippen LogP contribution in [0.4, 0.5) is 10.1 Å². The molecule has 0 unspecified atom stereocenters. The molecule has 3 aromatic rings. The number of benzene rings is 3. The maximum Gasteiger partial charge on any atom is 0.161 e. The number of anilines is 1. The van der Waals surface area contributed by atoms with E-state index in [-0.39, 0.29) is 5.82 Å². The summed E-state index contributed by atoms with van der Waals surface area (Å²) in [5.41, 5.74) is 2.66. The van der Waals surface area contributed by atoms with Crippen molar-refractivity contribution < 1.29 is 13.9 Å². The maximum absolute atomic E-state index is 14.1. The smallest absolute Gasteiger partial charge is 0.161 e. The van der Waals surface area contributed by atoms with Crippen molar-refractivity contribution in [2.45, 2.75) is 6.61 Å². The molecular weight excluding hydrogens is 411 g/mol. The summed E-state index contributed by atoms with van der Waals surface area (Å²) in [5.74, 6) is 1.15. The summed E-state index contributed by atoms with van der Waals surface area (Å²) in [6, 6.07) is 22.7. The lowest BCUT2D eigenvalue weighted by atomic mass is 10.1. The predicted octanol–water partition coefficient (Wildman–Crippen LogP) is 4.91. The first-order chi connectivity index (χ1) is 15.2. The van der Waals surface area contributed by atoms with Crippen molar-refractivity contribution in [1.82, 2.24) is 4.90 Å². The molecule has 1 saturated heterocycles. The third-order valence-electron chi connectivity index (χ3n) is 5.41. The molecule has 0 spiro atoms. The highest BCUT2D eigenvalue weighted by atomic mass is 32.1. The summed E-state index contributed by atoms with van der Waals surface area (Å²) < 4.78 is 25.6. The van der Waals surface area contributed by atoms with E-state index in [1.54, 1.807) is 13.2 Å². The van der Waals surface area contributed by atoms with Crippen molar-refractivity contribution in [3.05, 3.63) is 89.7 Å². The van der Waals surface area contributed by atoms with E-state index in [9.17, 15) is 4.39 Å². The average molecular weight is 437 g/mol. The first kappa shape index (κ1) is 21.1. The Kier molecular flexibility index (Phi) is 6.67. The van der Waals surface area contributed by atoms with E-state index in [0.717, 1.165) is 42.3 Å². The van der Waals surface area contributed by atoms with Gasteiger partial charge in [0.25, 0.3) is 0 Å². The van der Waals surface area contributed by atoms with Crippen LogP contribution >= 0.6 is 12.2 Å². The van der Waals surface area contributed by atoms with Crippen LogP contribution in [0.3, 0.4) is 0 Å². The Morgan fingerprint density at radius 1 is 0.903 bits per heavy atom. The summed E-state index contributed by atoms with van der Waals surface area (Å²) in [4.78, 5) is 4.99. The van der Waals surface area contributed by atoms with E-state index in [1.807, 2.05) is 60.7 Å². The monoisotopic (exact) mass is 436 g/mol. The van der Waals surface area contributed by atoms with Gasteiger partial charge in [0.2, 0.25) is 0 Å². The SMILES string of the molecule is COc1cc(C(=S)N2CCN(c3ccccc3F)CC2)ccc1OCc1ccccc1. The van der Waals surface area contributed by atoms with Gasteiger partial charge in [-0.3, -0.25) is 0 Å². The molecule has 1 heterocycles. The van der Waals surface area contributed by atoms with Gasteiger partial charge in [-0.2, -0.15) is 0 Å². The second-order valence-electron chi connectivity index (χ2n) is 7.37. The highest BCUT2D eigenvalue weighted by molar-refractivity contribution is 7.80. The largest absolute Gasteiger partial charge is 0.493 e. The zero-order valence-electron chi connectivity index (χ0n) is 17.5. The molecule has 0 aliphatic carbocycles. The van der Waals surface area contributed by atoms with Gasteiger partial charge < -0.3 is 19.3 Å². The van der Waals surface area contributed by atoms with Crippen LogP contribution in [0.1, 0.15) is 11.1 Å². The van der Waals surface area contributed by atoms with E-state index in [2.05, 4.69) is 9.80 Å². The zero-order chi connectivity index (χ0) is 21.6. The van der Waals surface area contributed by atoms with Crippen molar-refractivity contribution in [2.24, 2.45) is 0 Å². The number of hydrogen-bond donors (Lipinski definition) is 0. The van der Waals surface area contributed by atoms with Crippen LogP contribution in [0.5, 0.6) is 11.5 Å². The van der Waals surface area contributed by atoms with Crippen LogP contribution in [0, 0.1) is 5.82 Å². The second kappa shape index (κ2) is 9.79. The van der Waals surface area contributed by atoms with Crippen molar-refractivity contribution in [3.63, 3.8) is 0 Å². The van der Waals surface area contributed by atoms with Crippen LogP contribution in [0.25, 0.3) is 0 Å². The fraction of sp³-hybridized carbons (Fsp3) is 0.240. The summed E-state index contributed by atoms with van der Waals surface area (Å²) >= 11 is 5.75. The van der Waals surface area contributed by atoms with Crippen molar-refractivity contribution in [2.75, 3.05) is 38.2 Å². The number of nitrogens with zero attached hydrogens (tertiary/aromatic N) is 2. The molecule has 31 heavy (non-hydrogen) atoms. The number of piperazine rings is 1. The lowest BCUT2D eigenvalue weighted by molar-refractivity contribution is 0.284. The fourth-order valence-electron chi connectivity index (χ4n) is 3.70. The number of ether oxygens (including phenoxy) is 2. The first-order valence-electron chi connectivity index (χ1n) is 10.3. The standard InChI is InChI=1S/C25H25FN2O2S/c1-29-24-17-20(11-12-23(24)30-18-19-7-3-2-4-8-19)25(31)28-15-13-27(14-16-28)22-10-6-5-9-21(22)26/h2-12,17H,13-16,18H2,1H3. The van der Waals surface area contributed by atoms with Gasteiger partial charge in [-0.05, 0) is 35.9 Å². The summed E-state index contributed by atoms with van der Waals surface area (Å²) in [6.07, 6.45) is 0. The Bertz CT molecular complexity index is 1040. The minimum atomic E-state index is -0.186. The molecule has 0 radical (unpaired) electrons. The van der Waals surface area contributed by atoms with E-state index >= 15 is 0 Å². The third kappa shape index (κ3) is 4.97. The minimum Gasteiger partial charge on any atom is -0.493 e. The molecule has 1 fully saturated rings. The number of methoxy groups -OCH3 is 1. The van der Waals surface area contributed by atoms with Gasteiger partial charge >= 0.3 is 0 Å². The minimum absolute atomic E-state index is 0.186. The molecular formula is C25H25FN2O2S. The van der Waals surface area contributed by atoms with Gasteiger partial charge in [-0.15, -0.1) is 0 Å². The Morgan fingerprint density at radius 2 is 1.61 bits per heavy atom. The lowest BCUT2D eigenvalue weighted by Gasteiger charge is -2.37. The molecule has 0 atom stereocenters. The number of halogens is 1. The van der Waals surface area contributed by atoms with Crippen LogP contribution in [0.15, 0.2) is 72.8 Å². The molecule has 3 aromatic carbocycles. The normalized spacial score (nSPS) is 13.7. The van der Waals surface area contributed by atoms with Gasteiger partial charge in [0.05, 0.1) is 12.8 Å². The second-order valence-corrected chi connectivity index (χ2v) is 7.76. The number of para-hydroxylation sites is 1. The Hall–Kier alpha value is -3.12. The number of hydrogen-bond acceptors (Lipinski definition) is 4. The van der Waals surface area contributed by atoms with Crippen LogP contribution in [-0.2, 0) is 6.61 Å². The van der Waals surface area contributed by atoms with Crippen LogP contribution in [0.2, 0.25) is 0 Å². The molecule has 6 heteroatoms. The van der Waals surface area contributed by atoms with E-state index in [4.69, 9.17) is 21.7 Å². The Morgan fingerprint density at radius 3 is 2.32 bits per heavy atom. The van der Waals surface area contributed by atoms with E-state index in [1.165, 1.54) is 6.07 Å². The fourth-order valence-corrected chi connectivity index (χ4v) is 4.01. The van der Waals surface area contributed by atoms with Crippen molar-refractivity contribution >= 4 is 22.9 Å². The molecule has 0 aromatic heterocycles. The van der Waals surface area contributed by atoms with Crippen molar-refractivity contribution in [3.8, 4) is 11.5 Å². The molecule has 0 bridgehead atoms. The third-order valence-corrected chi connectivity index (χ3v) is 5.90. The van der Waals surface area contributed by atoms with E-state index < -0.39 is 0 Å². The highest BCUT2D eigenvalue weighted by Crippen LogP contribution is 2.30. The highest BCUT2D eigenvalue weighted by Gasteiger charge is 2.22. The zero-order valence-corrected chi connectivity index (χ0v) is 18.3. The topological polar surface area (TPSA) is 24.9 Å². The van der Waals surface area contributed by atoms with Gasteiger partial charge in [-0.25, -0.2) is 4.39 Å². The summed E-state index contributed by atoms with van der Waals surface area (Å²) in [6.45, 7) is 3.38. The number of rotatable bonds is 6. The lowest BCUT2D eigenvalue weighted by Crippen LogP contribution is -2.48. The molecule has 0 saturated carbocycles. The van der Waals surface area contributed by atoms with Crippen molar-refractivity contribution in [1.29, 1.82) is 0 Å². The Balaban J connectivity index is 1.40. The first-order valence-corrected chi connectivity index (χ1v) is 10.7. The molecule has 0 N–H and O–H groups in total. The van der Waals surface area contributed by atoms with Gasteiger partial charge in [0, 0.05) is 31.7 Å². The predicted molar refractivity (Wildman–Crippen MR) is 126 cm³/mol. The molecule has 0 amide bonds. The van der Waals surface area contributed by atoms with Crippen LogP contribution in [-0.4, -0.2) is 43.2 Å². The summed E-state index contributed by atoms with van der Waals surface area (Å²) in [5, 5.41) is 0. The average Bonchev–Trinajstić information content (AvgIpc) is 2.83. The molecule has 1 aliphatic rings. The van der Waals surface area contributed by atoms with Gasteiger partial charge in [0.1, 0.15) is 17.4 Å². The quantitative estimate of drug-likeness (QED) is 0.511. The molecule has 4 nitrogen and oxygen atoms in total. The van der Waals surface area contributed by atoms with Gasteiger partial charge in [-0.1, -0.05) is 54.7 Å². The molecule has 160 valence electrons. The van der Waals surface area contributed by atoms with E-state index in [0.29, 0.717) is 23.8 Å². The van der Waals surface area contributed by atoms with Gasteiger partial charge in [0.15, 0.2) is 11.5 Å². The summed E-state index contributed by atoms with van der Waals surface area (Å²) in [7, 11) is 1.63. The molecule has 4 rings (SSSR count). The number of thiocarbonyl (C=S) groups is 1. The van der Waals surface area contributed by atoms with Crippen LogP contribution < -0.4 is 14.4 Å².